The standard InChI is InChI=1S/C24H21N5O.C2H6/c1-14-8-15(2)21(9-20(14)23-22(11-26)27-16(3)28-23)24(30)29-12-19(13-29)18-6-4-17(10-25)5-7-18;1-2/h4-9,19H,12-13H2,1-3H3,(H,27,28);1-2H3. The summed E-state index contributed by atoms with van der Waals surface area (Å²) in [6.07, 6.45) is 0. The molecule has 1 aromatic heterocycles. The topological polar surface area (TPSA) is 96.6 Å². The molecular formula is C26H27N5O. The number of H-pyrrole nitrogens is 1. The number of nitrogens with one attached hydrogen (secondary N) is 1. The number of benzene rings is 2. The van der Waals surface area contributed by atoms with E-state index in [0.29, 0.717) is 41.4 Å². The first kappa shape index (κ1) is 22.8. The summed E-state index contributed by atoms with van der Waals surface area (Å²) in [6, 6.07) is 15.7. The number of hydrogen-bond donors (Lipinski definition) is 1. The molecule has 6 heteroatoms. The van der Waals surface area contributed by atoms with E-state index in [1.807, 2.05) is 75.9 Å². The van der Waals surface area contributed by atoms with Crippen molar-refractivity contribution >= 4 is 5.91 Å². The van der Waals surface area contributed by atoms with Crippen LogP contribution in [0.3, 0.4) is 0 Å². The first-order valence-electron chi connectivity index (χ1n) is 10.8. The van der Waals surface area contributed by atoms with Crippen molar-refractivity contribution in [2.75, 3.05) is 13.1 Å². The van der Waals surface area contributed by atoms with Crippen molar-refractivity contribution in [3.05, 3.63) is 75.7 Å². The number of amides is 1. The first-order chi connectivity index (χ1) is 15.4. The summed E-state index contributed by atoms with van der Waals surface area (Å²) in [5, 5.41) is 18.3. The fourth-order valence-electron chi connectivity index (χ4n) is 3.97. The van der Waals surface area contributed by atoms with Crippen LogP contribution in [0.25, 0.3) is 11.3 Å². The van der Waals surface area contributed by atoms with E-state index in [0.717, 1.165) is 22.3 Å². The summed E-state index contributed by atoms with van der Waals surface area (Å²) in [4.78, 5) is 22.4. The highest BCUT2D eigenvalue weighted by molar-refractivity contribution is 5.98. The molecule has 0 unspecified atom stereocenters. The zero-order chi connectivity index (χ0) is 23.4. The van der Waals surface area contributed by atoms with Crippen LogP contribution in [0.4, 0.5) is 0 Å². The molecule has 1 aliphatic rings. The number of aromatic amines is 1. The van der Waals surface area contributed by atoms with E-state index < -0.39 is 0 Å². The summed E-state index contributed by atoms with van der Waals surface area (Å²) in [5.41, 5.74) is 6.14. The van der Waals surface area contributed by atoms with Gasteiger partial charge < -0.3 is 9.88 Å². The van der Waals surface area contributed by atoms with Gasteiger partial charge in [0.25, 0.3) is 5.91 Å². The van der Waals surface area contributed by atoms with Gasteiger partial charge in [0, 0.05) is 30.1 Å². The van der Waals surface area contributed by atoms with Crippen LogP contribution in [0.5, 0.6) is 0 Å². The normalized spacial score (nSPS) is 12.8. The number of carbonyl (C=O) groups excluding carboxylic acids is 1. The number of rotatable bonds is 3. The maximum absolute atomic E-state index is 13.2. The summed E-state index contributed by atoms with van der Waals surface area (Å²) in [6.45, 7) is 11.0. The lowest BCUT2D eigenvalue weighted by molar-refractivity contribution is 0.0601. The number of aryl methyl sites for hydroxylation is 3. The van der Waals surface area contributed by atoms with E-state index >= 15 is 0 Å². The molecule has 2 aromatic carbocycles. The molecule has 0 bridgehead atoms. The molecule has 2 heterocycles. The van der Waals surface area contributed by atoms with Gasteiger partial charge in [-0.15, -0.1) is 0 Å². The first-order valence-corrected chi connectivity index (χ1v) is 10.8. The van der Waals surface area contributed by atoms with Crippen molar-refractivity contribution in [2.24, 2.45) is 0 Å². The minimum Gasteiger partial charge on any atom is -0.341 e. The predicted octanol–water partition coefficient (Wildman–Crippen LogP) is 5.01. The van der Waals surface area contributed by atoms with Crippen molar-refractivity contribution in [3.63, 3.8) is 0 Å². The van der Waals surface area contributed by atoms with E-state index in [2.05, 4.69) is 22.1 Å². The van der Waals surface area contributed by atoms with Gasteiger partial charge in [-0.3, -0.25) is 4.79 Å². The maximum Gasteiger partial charge on any atom is 0.254 e. The van der Waals surface area contributed by atoms with E-state index in [1.165, 1.54) is 0 Å². The Morgan fingerprint density at radius 1 is 1.03 bits per heavy atom. The van der Waals surface area contributed by atoms with Gasteiger partial charge in [0.1, 0.15) is 11.9 Å². The van der Waals surface area contributed by atoms with Gasteiger partial charge in [-0.25, -0.2) is 4.98 Å². The molecule has 1 amide bonds. The van der Waals surface area contributed by atoms with E-state index in [4.69, 9.17) is 5.26 Å². The van der Waals surface area contributed by atoms with Crippen molar-refractivity contribution in [1.82, 2.24) is 14.9 Å². The minimum absolute atomic E-state index is 0.00612. The molecule has 0 radical (unpaired) electrons. The Labute approximate surface area is 189 Å². The van der Waals surface area contributed by atoms with Crippen molar-refractivity contribution in [3.8, 4) is 23.4 Å². The molecule has 1 aliphatic heterocycles. The second kappa shape index (κ2) is 9.49. The van der Waals surface area contributed by atoms with Crippen LogP contribution in [0.1, 0.15) is 63.9 Å². The summed E-state index contributed by atoms with van der Waals surface area (Å²) < 4.78 is 0. The molecular weight excluding hydrogens is 398 g/mol. The number of carbonyl (C=O) groups is 1. The van der Waals surface area contributed by atoms with Gasteiger partial charge in [-0.05, 0) is 55.7 Å². The molecule has 1 saturated heterocycles. The Bertz CT molecular complexity index is 1220. The van der Waals surface area contributed by atoms with Crippen molar-refractivity contribution < 1.29 is 4.79 Å². The lowest BCUT2D eigenvalue weighted by atomic mass is 9.89. The highest BCUT2D eigenvalue weighted by atomic mass is 16.2. The van der Waals surface area contributed by atoms with Crippen LogP contribution >= 0.6 is 0 Å². The number of hydrogen-bond acceptors (Lipinski definition) is 4. The molecule has 0 spiro atoms. The average molecular weight is 426 g/mol. The summed E-state index contributed by atoms with van der Waals surface area (Å²) in [5.74, 6) is 0.947. The largest absolute Gasteiger partial charge is 0.341 e. The Kier molecular flexibility index (Phi) is 6.76. The molecule has 32 heavy (non-hydrogen) atoms. The fraction of sp³-hybridized carbons (Fsp3) is 0.308. The van der Waals surface area contributed by atoms with Crippen LogP contribution in [0.15, 0.2) is 36.4 Å². The van der Waals surface area contributed by atoms with Gasteiger partial charge in [-0.1, -0.05) is 32.0 Å². The maximum atomic E-state index is 13.2. The number of nitrogens with zero attached hydrogens (tertiary/aromatic N) is 4. The third-order valence-corrected chi connectivity index (χ3v) is 5.68. The molecule has 0 atom stereocenters. The van der Waals surface area contributed by atoms with Crippen LogP contribution in [0.2, 0.25) is 0 Å². The second-order valence-corrected chi connectivity index (χ2v) is 7.78. The van der Waals surface area contributed by atoms with Crippen LogP contribution in [-0.4, -0.2) is 33.9 Å². The van der Waals surface area contributed by atoms with Gasteiger partial charge in [-0.2, -0.15) is 10.5 Å². The Balaban J connectivity index is 0.00000141. The van der Waals surface area contributed by atoms with E-state index in [9.17, 15) is 10.1 Å². The molecule has 1 fully saturated rings. The number of imidazole rings is 1. The van der Waals surface area contributed by atoms with Crippen molar-refractivity contribution in [1.29, 1.82) is 10.5 Å². The lowest BCUT2D eigenvalue weighted by Crippen LogP contribution is -2.48. The second-order valence-electron chi connectivity index (χ2n) is 7.78. The molecule has 0 saturated carbocycles. The monoisotopic (exact) mass is 425 g/mol. The van der Waals surface area contributed by atoms with E-state index in [1.54, 1.807) is 0 Å². The van der Waals surface area contributed by atoms with Gasteiger partial charge in [0.05, 0.1) is 17.3 Å². The number of aromatic nitrogens is 2. The molecule has 1 N–H and O–H groups in total. The molecule has 0 aliphatic carbocycles. The van der Waals surface area contributed by atoms with Gasteiger partial charge >= 0.3 is 0 Å². The highest BCUT2D eigenvalue weighted by Crippen LogP contribution is 2.32. The highest BCUT2D eigenvalue weighted by Gasteiger charge is 2.33. The molecule has 162 valence electrons. The molecule has 3 aromatic rings. The van der Waals surface area contributed by atoms with Gasteiger partial charge in [0.15, 0.2) is 5.69 Å². The lowest BCUT2D eigenvalue weighted by Gasteiger charge is -2.40. The zero-order valence-corrected chi connectivity index (χ0v) is 19.2. The van der Waals surface area contributed by atoms with Crippen LogP contribution < -0.4 is 0 Å². The fourth-order valence-corrected chi connectivity index (χ4v) is 3.97. The average Bonchev–Trinajstić information content (AvgIpc) is 3.15. The molecule has 4 rings (SSSR count). The number of likely N-dealkylation sites (tertiary alicyclic amines) is 1. The predicted molar refractivity (Wildman–Crippen MR) is 124 cm³/mol. The minimum atomic E-state index is -0.00612. The zero-order valence-electron chi connectivity index (χ0n) is 19.2. The Hall–Kier alpha value is -3.90. The van der Waals surface area contributed by atoms with Crippen LogP contribution in [-0.2, 0) is 0 Å². The van der Waals surface area contributed by atoms with Crippen molar-refractivity contribution in [2.45, 2.75) is 40.5 Å². The van der Waals surface area contributed by atoms with Gasteiger partial charge in [0.2, 0.25) is 0 Å². The Morgan fingerprint density at radius 3 is 2.28 bits per heavy atom. The smallest absolute Gasteiger partial charge is 0.254 e. The molecule has 6 nitrogen and oxygen atoms in total. The SMILES string of the molecule is CC.Cc1nc(C#N)c(-c2cc(C(=O)N3CC(c4ccc(C#N)cc4)C3)c(C)cc2C)[nH]1. The quantitative estimate of drug-likeness (QED) is 0.638. The van der Waals surface area contributed by atoms with Crippen LogP contribution in [0, 0.1) is 43.4 Å². The van der Waals surface area contributed by atoms with E-state index in [-0.39, 0.29) is 11.8 Å². The Morgan fingerprint density at radius 2 is 1.69 bits per heavy atom. The summed E-state index contributed by atoms with van der Waals surface area (Å²) in [7, 11) is 0. The summed E-state index contributed by atoms with van der Waals surface area (Å²) >= 11 is 0. The number of nitriles is 2. The third kappa shape index (κ3) is 4.26. The third-order valence-electron chi connectivity index (χ3n) is 5.68.